The summed E-state index contributed by atoms with van der Waals surface area (Å²) in [6.45, 7) is 7.46. The molecule has 1 aromatic carbocycles. The number of hydrogen-bond donors (Lipinski definition) is 2. The Hall–Kier alpha value is -2.02. The van der Waals surface area contributed by atoms with Gasteiger partial charge in [0.25, 0.3) is 0 Å². The van der Waals surface area contributed by atoms with Gasteiger partial charge in [-0.15, -0.1) is 11.8 Å². The molecule has 7 heteroatoms. The van der Waals surface area contributed by atoms with Gasteiger partial charge in [-0.05, 0) is 43.4 Å². The molecule has 0 saturated carbocycles. The highest BCUT2D eigenvalue weighted by Gasteiger charge is 2.24. The van der Waals surface area contributed by atoms with Gasteiger partial charge in [-0.2, -0.15) is 0 Å². The van der Waals surface area contributed by atoms with Gasteiger partial charge in [0.15, 0.2) is 0 Å². The highest BCUT2D eigenvalue weighted by molar-refractivity contribution is 8.00. The topological polar surface area (TPSA) is 78.5 Å². The summed E-state index contributed by atoms with van der Waals surface area (Å²) in [5.41, 5.74) is 1.86. The highest BCUT2D eigenvalue weighted by Crippen LogP contribution is 2.14. The zero-order chi connectivity index (χ0) is 20.5. The van der Waals surface area contributed by atoms with Crippen LogP contribution in [0.25, 0.3) is 0 Å². The normalized spacial score (nSPS) is 14.8. The number of piperidine rings is 1. The van der Waals surface area contributed by atoms with Crippen LogP contribution in [0.1, 0.15) is 38.7 Å². The summed E-state index contributed by atoms with van der Waals surface area (Å²) >= 11 is 1.31. The molecule has 1 saturated heterocycles. The van der Waals surface area contributed by atoms with Gasteiger partial charge in [0.2, 0.25) is 17.7 Å². The molecule has 0 radical (unpaired) electrons. The van der Waals surface area contributed by atoms with Gasteiger partial charge in [0.05, 0.1) is 11.5 Å². The van der Waals surface area contributed by atoms with Crippen LogP contribution in [0.15, 0.2) is 24.3 Å². The first-order chi connectivity index (χ1) is 13.3. The van der Waals surface area contributed by atoms with E-state index in [-0.39, 0.29) is 35.3 Å². The van der Waals surface area contributed by atoms with Crippen LogP contribution in [0.2, 0.25) is 0 Å². The maximum atomic E-state index is 12.1. The zero-order valence-electron chi connectivity index (χ0n) is 17.0. The highest BCUT2D eigenvalue weighted by atomic mass is 32.2. The zero-order valence-corrected chi connectivity index (χ0v) is 17.8. The molecule has 2 N–H and O–H groups in total. The summed E-state index contributed by atoms with van der Waals surface area (Å²) in [4.78, 5) is 38.1. The van der Waals surface area contributed by atoms with Crippen molar-refractivity contribution in [2.75, 3.05) is 29.9 Å². The second-order valence-corrected chi connectivity index (χ2v) is 8.72. The third-order valence-corrected chi connectivity index (χ3v) is 5.50. The van der Waals surface area contributed by atoms with Gasteiger partial charge >= 0.3 is 0 Å². The number of amides is 3. The van der Waals surface area contributed by atoms with Crippen LogP contribution in [-0.2, 0) is 14.4 Å². The number of benzene rings is 1. The fourth-order valence-electron chi connectivity index (χ4n) is 3.18. The van der Waals surface area contributed by atoms with Crippen molar-refractivity contribution in [3.63, 3.8) is 0 Å². The van der Waals surface area contributed by atoms with Crippen LogP contribution in [0.5, 0.6) is 0 Å². The van der Waals surface area contributed by atoms with Crippen molar-refractivity contribution in [2.45, 2.75) is 46.1 Å². The third-order valence-electron chi connectivity index (χ3n) is 4.56. The predicted octanol–water partition coefficient (Wildman–Crippen LogP) is 2.82. The van der Waals surface area contributed by atoms with Crippen molar-refractivity contribution >= 4 is 35.2 Å². The Balaban J connectivity index is 1.61. The first-order valence-electron chi connectivity index (χ1n) is 9.85. The minimum atomic E-state index is -0.111. The molecule has 1 fully saturated rings. The van der Waals surface area contributed by atoms with E-state index in [9.17, 15) is 14.4 Å². The van der Waals surface area contributed by atoms with Crippen LogP contribution >= 0.6 is 11.8 Å². The number of hydrogen-bond acceptors (Lipinski definition) is 4. The van der Waals surface area contributed by atoms with Gasteiger partial charge in [0, 0.05) is 31.2 Å². The Morgan fingerprint density at radius 1 is 1.14 bits per heavy atom. The van der Waals surface area contributed by atoms with Crippen LogP contribution in [0.3, 0.4) is 0 Å². The molecule has 28 heavy (non-hydrogen) atoms. The Morgan fingerprint density at radius 2 is 1.82 bits per heavy atom. The molecule has 0 atom stereocenters. The Labute approximate surface area is 171 Å². The largest absolute Gasteiger partial charge is 0.353 e. The van der Waals surface area contributed by atoms with E-state index in [1.54, 1.807) is 0 Å². The molecule has 1 aliphatic rings. The van der Waals surface area contributed by atoms with E-state index in [1.165, 1.54) is 11.8 Å². The smallest absolute Gasteiger partial charge is 0.234 e. The van der Waals surface area contributed by atoms with Gasteiger partial charge in [-0.3, -0.25) is 14.4 Å². The fraction of sp³-hybridized carbons (Fsp3) is 0.571. The average molecular weight is 406 g/mol. The molecule has 154 valence electrons. The lowest BCUT2D eigenvalue weighted by Gasteiger charge is -2.32. The van der Waals surface area contributed by atoms with E-state index in [2.05, 4.69) is 10.6 Å². The molecule has 1 aromatic rings. The lowest BCUT2D eigenvalue weighted by atomic mass is 10.0. The van der Waals surface area contributed by atoms with E-state index in [0.29, 0.717) is 25.4 Å². The first-order valence-corrected chi connectivity index (χ1v) is 11.0. The van der Waals surface area contributed by atoms with Crippen molar-refractivity contribution in [3.8, 4) is 0 Å². The minimum Gasteiger partial charge on any atom is -0.353 e. The van der Waals surface area contributed by atoms with Crippen LogP contribution < -0.4 is 10.6 Å². The second-order valence-electron chi connectivity index (χ2n) is 7.73. The number of carbonyl (C=O) groups is 3. The van der Waals surface area contributed by atoms with Crippen molar-refractivity contribution < 1.29 is 14.4 Å². The SMILES string of the molecule is Cc1cccc(NC(=O)CSCC(=O)NC2CCN(C(=O)CC(C)C)CC2)c1. The summed E-state index contributed by atoms with van der Waals surface area (Å²) in [6, 6.07) is 7.73. The molecule has 0 unspecified atom stereocenters. The van der Waals surface area contributed by atoms with E-state index >= 15 is 0 Å². The molecule has 0 aromatic heterocycles. The Kier molecular flexibility index (Phi) is 8.83. The average Bonchev–Trinajstić information content (AvgIpc) is 2.61. The molecular formula is C21H31N3O3S. The van der Waals surface area contributed by atoms with Gasteiger partial charge in [-0.25, -0.2) is 0 Å². The van der Waals surface area contributed by atoms with Crippen LogP contribution in [0.4, 0.5) is 5.69 Å². The van der Waals surface area contributed by atoms with Gasteiger partial charge < -0.3 is 15.5 Å². The lowest BCUT2D eigenvalue weighted by Crippen LogP contribution is -2.47. The number of carbonyl (C=O) groups excluding carboxylic acids is 3. The van der Waals surface area contributed by atoms with Crippen molar-refractivity contribution in [3.05, 3.63) is 29.8 Å². The molecule has 3 amide bonds. The van der Waals surface area contributed by atoms with Crippen LogP contribution in [0, 0.1) is 12.8 Å². The summed E-state index contributed by atoms with van der Waals surface area (Å²) in [6.07, 6.45) is 2.15. The maximum Gasteiger partial charge on any atom is 0.234 e. The van der Waals surface area contributed by atoms with Crippen molar-refractivity contribution in [2.24, 2.45) is 5.92 Å². The molecular weight excluding hydrogens is 374 g/mol. The number of aryl methyl sites for hydroxylation is 1. The summed E-state index contributed by atoms with van der Waals surface area (Å²) < 4.78 is 0. The standard InChI is InChI=1S/C21H31N3O3S/c1-15(2)11-21(27)24-9-7-17(8-10-24)22-19(25)13-28-14-20(26)23-18-6-4-5-16(3)12-18/h4-6,12,15,17H,7-11,13-14H2,1-3H3,(H,22,25)(H,23,26). The van der Waals surface area contributed by atoms with Gasteiger partial charge in [-0.1, -0.05) is 26.0 Å². The Morgan fingerprint density at radius 3 is 2.46 bits per heavy atom. The van der Waals surface area contributed by atoms with E-state index in [4.69, 9.17) is 0 Å². The Bertz CT molecular complexity index is 685. The predicted molar refractivity (Wildman–Crippen MR) is 114 cm³/mol. The number of rotatable bonds is 8. The number of likely N-dealkylation sites (tertiary alicyclic amines) is 1. The van der Waals surface area contributed by atoms with Gasteiger partial charge in [0.1, 0.15) is 0 Å². The fourth-order valence-corrected chi connectivity index (χ4v) is 3.81. The van der Waals surface area contributed by atoms with E-state index < -0.39 is 0 Å². The monoisotopic (exact) mass is 405 g/mol. The molecule has 1 heterocycles. The van der Waals surface area contributed by atoms with Crippen molar-refractivity contribution in [1.29, 1.82) is 0 Å². The molecule has 1 aliphatic heterocycles. The lowest BCUT2D eigenvalue weighted by molar-refractivity contribution is -0.133. The molecule has 2 rings (SSSR count). The number of anilines is 1. The van der Waals surface area contributed by atoms with E-state index in [1.807, 2.05) is 49.9 Å². The number of nitrogens with zero attached hydrogens (tertiary/aromatic N) is 1. The van der Waals surface area contributed by atoms with Crippen LogP contribution in [-0.4, -0.2) is 53.3 Å². The second kappa shape index (κ2) is 11.1. The summed E-state index contributed by atoms with van der Waals surface area (Å²) in [5.74, 6) is 0.901. The quantitative estimate of drug-likeness (QED) is 0.697. The summed E-state index contributed by atoms with van der Waals surface area (Å²) in [5, 5.41) is 5.86. The van der Waals surface area contributed by atoms with Crippen molar-refractivity contribution in [1.82, 2.24) is 10.2 Å². The number of nitrogens with one attached hydrogen (secondary N) is 2. The first kappa shape index (κ1) is 22.3. The summed E-state index contributed by atoms with van der Waals surface area (Å²) in [7, 11) is 0. The number of thioether (sulfide) groups is 1. The molecule has 0 bridgehead atoms. The van der Waals surface area contributed by atoms with E-state index in [0.717, 1.165) is 24.1 Å². The molecule has 6 nitrogen and oxygen atoms in total. The molecule has 0 spiro atoms. The minimum absolute atomic E-state index is 0.0553. The maximum absolute atomic E-state index is 12.1. The third kappa shape index (κ3) is 7.92. The molecule has 0 aliphatic carbocycles.